The van der Waals surface area contributed by atoms with Crippen LogP contribution in [0.2, 0.25) is 0 Å². The van der Waals surface area contributed by atoms with Gasteiger partial charge in [-0.2, -0.15) is 0 Å². The molecule has 0 amide bonds. The van der Waals surface area contributed by atoms with Gasteiger partial charge >= 0.3 is 0 Å². The second kappa shape index (κ2) is 15.2. The summed E-state index contributed by atoms with van der Waals surface area (Å²) >= 11 is 1.65. The molecule has 13 rings (SSSR count). The third-order valence-corrected chi connectivity index (χ3v) is 16.0. The Balaban J connectivity index is 1.24. The number of rotatable bonds is 5. The first-order chi connectivity index (χ1) is 33.1. The highest BCUT2D eigenvalue weighted by molar-refractivity contribution is 8.00. The van der Waals surface area contributed by atoms with Gasteiger partial charge in [0.1, 0.15) is 11.6 Å². The molecule has 4 aliphatic rings. The van der Waals surface area contributed by atoms with Gasteiger partial charge in [0.05, 0.1) is 16.9 Å². The van der Waals surface area contributed by atoms with Crippen LogP contribution in [0, 0.1) is 11.6 Å². The molecule has 0 N–H and O–H groups in total. The summed E-state index contributed by atoms with van der Waals surface area (Å²) in [7, 11) is 0. The SMILES string of the molecule is CC(C)c1ccc(-c2cccc(-c3ccc(C(C)(C)C)cc3)c2N2c3ccccc3B3c4ccccc4N4c5ccccc5B5c6ccccc6Sc6c5c4c3c2c6-c2c(F)cccc2F)cc1. The lowest BCUT2D eigenvalue weighted by atomic mass is 9.29. The molecule has 0 unspecified atom stereocenters. The van der Waals surface area contributed by atoms with Crippen LogP contribution < -0.4 is 42.6 Å². The Kier molecular flexibility index (Phi) is 9.20. The first-order valence-corrected chi connectivity index (χ1v) is 24.6. The molecule has 68 heavy (non-hydrogen) atoms. The van der Waals surface area contributed by atoms with E-state index in [4.69, 9.17) is 0 Å². The predicted octanol–water partition coefficient (Wildman–Crippen LogP) is 12.8. The maximum atomic E-state index is 17.4. The minimum atomic E-state index is -0.587. The quantitative estimate of drug-likeness (QED) is 0.159. The molecule has 0 aliphatic carbocycles. The minimum absolute atomic E-state index is 0.00979. The van der Waals surface area contributed by atoms with Crippen molar-refractivity contribution < 1.29 is 8.78 Å². The minimum Gasteiger partial charge on any atom is -0.312 e. The lowest BCUT2D eigenvalue weighted by Crippen LogP contribution is -2.68. The monoisotopic (exact) mass is 898 g/mol. The maximum absolute atomic E-state index is 17.4. The number of fused-ring (bicyclic) bond motifs is 10. The number of anilines is 6. The fourth-order valence-corrected chi connectivity index (χ4v) is 13.0. The molecule has 0 spiro atoms. The lowest BCUT2D eigenvalue weighted by molar-refractivity contribution is 0.589. The zero-order valence-electron chi connectivity index (χ0n) is 38.6. The van der Waals surface area contributed by atoms with E-state index in [2.05, 4.69) is 208 Å². The van der Waals surface area contributed by atoms with Gasteiger partial charge in [-0.3, -0.25) is 0 Å². The first kappa shape index (κ1) is 41.1. The molecule has 9 aromatic rings. The van der Waals surface area contributed by atoms with Gasteiger partial charge in [-0.1, -0.05) is 197 Å². The normalized spacial score (nSPS) is 13.8. The van der Waals surface area contributed by atoms with Gasteiger partial charge in [0.15, 0.2) is 0 Å². The molecular formula is C61H46B2F2N2S. The summed E-state index contributed by atoms with van der Waals surface area (Å²) in [6.07, 6.45) is 0. The highest BCUT2D eigenvalue weighted by Gasteiger charge is 2.52. The molecule has 0 saturated carbocycles. The molecule has 0 bridgehead atoms. The van der Waals surface area contributed by atoms with Crippen molar-refractivity contribution in [2.45, 2.75) is 55.7 Å². The molecule has 0 radical (unpaired) electrons. The molecule has 326 valence electrons. The van der Waals surface area contributed by atoms with E-state index in [1.807, 2.05) is 0 Å². The Morgan fingerprint density at radius 2 is 0.941 bits per heavy atom. The molecular weight excluding hydrogens is 852 g/mol. The van der Waals surface area contributed by atoms with Gasteiger partial charge in [-0.25, -0.2) is 8.78 Å². The maximum Gasteiger partial charge on any atom is 0.252 e. The zero-order valence-corrected chi connectivity index (χ0v) is 39.4. The lowest BCUT2D eigenvalue weighted by Gasteiger charge is -2.50. The Morgan fingerprint density at radius 3 is 1.50 bits per heavy atom. The number of hydrogen-bond acceptors (Lipinski definition) is 3. The molecule has 2 nitrogen and oxygen atoms in total. The standard InChI is InChI=1S/C61H46B2F2N2S/c1-36(2)37-28-30-38(31-29-37)41-16-14-17-42(39-32-34-40(35-33-39)61(3,4)5)57(41)67-51-26-12-8-20-45(51)62-43-18-6-10-24-49(43)66-50-25-11-7-19-44(50)63-46-21-9-13-27-52(46)68-60-54(53-47(64)22-15-23-48(53)65)58(67)55(62)59(66)56(60)63/h6-36H,1-5H3. The van der Waals surface area contributed by atoms with Crippen LogP contribution in [0.3, 0.4) is 0 Å². The van der Waals surface area contributed by atoms with Gasteiger partial charge in [-0.05, 0) is 97.3 Å². The summed E-state index contributed by atoms with van der Waals surface area (Å²) in [6.45, 7) is 10.8. The smallest absolute Gasteiger partial charge is 0.252 e. The Labute approximate surface area is 402 Å². The van der Waals surface area contributed by atoms with E-state index < -0.39 is 11.6 Å². The van der Waals surface area contributed by atoms with Crippen molar-refractivity contribution in [2.24, 2.45) is 0 Å². The Hall–Kier alpha value is -7.08. The third-order valence-electron chi connectivity index (χ3n) is 14.8. The Morgan fingerprint density at radius 1 is 0.456 bits per heavy atom. The highest BCUT2D eigenvalue weighted by atomic mass is 32.2. The second-order valence-electron chi connectivity index (χ2n) is 20.0. The molecule has 0 atom stereocenters. The molecule has 4 heterocycles. The van der Waals surface area contributed by atoms with Gasteiger partial charge in [-0.15, -0.1) is 0 Å². The molecule has 9 aromatic carbocycles. The number of halogens is 2. The van der Waals surface area contributed by atoms with Gasteiger partial charge in [0.2, 0.25) is 6.71 Å². The number of hydrogen-bond donors (Lipinski definition) is 0. The molecule has 7 heteroatoms. The van der Waals surface area contributed by atoms with E-state index in [0.29, 0.717) is 11.5 Å². The van der Waals surface area contributed by atoms with Crippen molar-refractivity contribution in [1.29, 1.82) is 0 Å². The number of benzene rings is 9. The van der Waals surface area contributed by atoms with Crippen LogP contribution >= 0.6 is 11.8 Å². The van der Waals surface area contributed by atoms with Crippen molar-refractivity contribution in [3.05, 3.63) is 205 Å². The van der Waals surface area contributed by atoms with Crippen molar-refractivity contribution in [2.75, 3.05) is 9.80 Å². The third kappa shape index (κ3) is 5.91. The topological polar surface area (TPSA) is 6.48 Å². The number of para-hydroxylation sites is 4. The van der Waals surface area contributed by atoms with Gasteiger partial charge < -0.3 is 9.80 Å². The van der Waals surface area contributed by atoms with Crippen LogP contribution in [0.25, 0.3) is 33.4 Å². The van der Waals surface area contributed by atoms with Crippen LogP contribution in [0.15, 0.2) is 192 Å². The first-order valence-electron chi connectivity index (χ1n) is 23.7. The predicted molar refractivity (Wildman–Crippen MR) is 285 cm³/mol. The fraction of sp³-hybridized carbons (Fsp3) is 0.115. The summed E-state index contributed by atoms with van der Waals surface area (Å²) in [5.41, 5.74) is 20.1. The van der Waals surface area contributed by atoms with Crippen molar-refractivity contribution >= 4 is 92.1 Å². The average Bonchev–Trinajstić information content (AvgIpc) is 3.36. The largest absolute Gasteiger partial charge is 0.312 e. The summed E-state index contributed by atoms with van der Waals surface area (Å²) in [5.74, 6) is -0.810. The second-order valence-corrected chi connectivity index (χ2v) is 21.0. The van der Waals surface area contributed by atoms with E-state index in [1.54, 1.807) is 11.8 Å². The molecule has 0 saturated heterocycles. The summed E-state index contributed by atoms with van der Waals surface area (Å²) < 4.78 is 34.8. The summed E-state index contributed by atoms with van der Waals surface area (Å²) in [4.78, 5) is 6.84. The van der Waals surface area contributed by atoms with Gasteiger partial charge in [0.25, 0.3) is 6.71 Å². The van der Waals surface area contributed by atoms with E-state index in [0.717, 1.165) is 88.0 Å². The van der Waals surface area contributed by atoms with Gasteiger partial charge in [0, 0.05) is 49.2 Å². The summed E-state index contributed by atoms with van der Waals surface area (Å²) in [5, 5.41) is 0. The van der Waals surface area contributed by atoms with Crippen molar-refractivity contribution in [3.8, 4) is 33.4 Å². The van der Waals surface area contributed by atoms with Crippen LogP contribution in [-0.4, -0.2) is 13.4 Å². The van der Waals surface area contributed by atoms with Crippen LogP contribution in [-0.2, 0) is 5.41 Å². The van der Waals surface area contributed by atoms with Crippen LogP contribution in [0.4, 0.5) is 42.9 Å². The summed E-state index contributed by atoms with van der Waals surface area (Å²) in [6, 6.07) is 63.8. The van der Waals surface area contributed by atoms with Crippen molar-refractivity contribution in [1.82, 2.24) is 0 Å². The molecule has 4 aliphatic heterocycles. The fourth-order valence-electron chi connectivity index (χ4n) is 11.7. The highest BCUT2D eigenvalue weighted by Crippen LogP contribution is 2.56. The van der Waals surface area contributed by atoms with Crippen molar-refractivity contribution in [3.63, 3.8) is 0 Å². The van der Waals surface area contributed by atoms with E-state index in [9.17, 15) is 0 Å². The van der Waals surface area contributed by atoms with Crippen LogP contribution in [0.5, 0.6) is 0 Å². The average molecular weight is 899 g/mol. The number of nitrogens with zero attached hydrogens (tertiary/aromatic N) is 2. The zero-order chi connectivity index (χ0) is 46.2. The molecule has 0 fully saturated rings. The molecule has 0 aromatic heterocycles. The van der Waals surface area contributed by atoms with E-state index in [1.165, 1.54) is 40.3 Å². The Bertz CT molecular complexity index is 3530. The van der Waals surface area contributed by atoms with E-state index in [-0.39, 0.29) is 24.4 Å². The van der Waals surface area contributed by atoms with E-state index >= 15 is 8.78 Å². The van der Waals surface area contributed by atoms with Crippen LogP contribution in [0.1, 0.15) is 51.7 Å².